The normalized spacial score (nSPS) is 10.4. The maximum absolute atomic E-state index is 9.39. The van der Waals surface area contributed by atoms with Crippen LogP contribution in [0.1, 0.15) is 0 Å². The molecule has 0 spiro atoms. The molecule has 2 aromatic carbocycles. The zero-order valence-corrected chi connectivity index (χ0v) is 11.2. The van der Waals surface area contributed by atoms with Gasteiger partial charge in [0.2, 0.25) is 0 Å². The largest absolute Gasteiger partial charge is 0.508 e. The minimum Gasteiger partial charge on any atom is -0.508 e. The maximum Gasteiger partial charge on any atom is 0.165 e. The third-order valence-corrected chi connectivity index (χ3v) is 3.03. The highest BCUT2D eigenvalue weighted by atomic mass is 35.5. The molecule has 0 aliphatic heterocycles. The Hall–Kier alpha value is -2.46. The molecule has 0 saturated heterocycles. The standard InChI is InChI=1S/C15H11ClN2O2/c16-14-6-1-2-7-15(14)18-10-13(9-17-18)20-12-5-3-4-11(19)8-12/h1-10,19H. The lowest BCUT2D eigenvalue weighted by Crippen LogP contribution is -1.94. The molecule has 20 heavy (non-hydrogen) atoms. The number of aromatic hydroxyl groups is 1. The molecule has 3 aromatic rings. The lowest BCUT2D eigenvalue weighted by atomic mass is 10.3. The Labute approximate surface area is 120 Å². The first-order valence-electron chi connectivity index (χ1n) is 5.99. The lowest BCUT2D eigenvalue weighted by Gasteiger charge is -2.04. The van der Waals surface area contributed by atoms with E-state index in [0.29, 0.717) is 16.5 Å². The van der Waals surface area contributed by atoms with Crippen LogP contribution in [0.2, 0.25) is 5.02 Å². The van der Waals surface area contributed by atoms with Gasteiger partial charge in [0.1, 0.15) is 11.5 Å². The predicted octanol–water partition coefficient (Wildman–Crippen LogP) is 4.02. The van der Waals surface area contributed by atoms with E-state index in [1.165, 1.54) is 6.07 Å². The Morgan fingerprint density at radius 1 is 1.05 bits per heavy atom. The van der Waals surface area contributed by atoms with Crippen LogP contribution in [0.4, 0.5) is 0 Å². The summed E-state index contributed by atoms with van der Waals surface area (Å²) in [7, 11) is 0. The number of ether oxygens (including phenoxy) is 1. The fourth-order valence-corrected chi connectivity index (χ4v) is 2.03. The number of para-hydroxylation sites is 1. The van der Waals surface area contributed by atoms with E-state index in [9.17, 15) is 5.11 Å². The Kier molecular flexibility index (Phi) is 3.31. The molecule has 1 heterocycles. The molecule has 0 atom stereocenters. The lowest BCUT2D eigenvalue weighted by molar-refractivity contribution is 0.455. The van der Waals surface area contributed by atoms with Gasteiger partial charge in [0, 0.05) is 6.07 Å². The first-order valence-corrected chi connectivity index (χ1v) is 6.36. The first kappa shape index (κ1) is 12.6. The van der Waals surface area contributed by atoms with E-state index >= 15 is 0 Å². The van der Waals surface area contributed by atoms with Gasteiger partial charge in [-0.15, -0.1) is 0 Å². The first-order chi connectivity index (χ1) is 9.72. The van der Waals surface area contributed by atoms with Gasteiger partial charge in [0.25, 0.3) is 0 Å². The number of phenols is 1. The van der Waals surface area contributed by atoms with Crippen molar-refractivity contribution in [3.63, 3.8) is 0 Å². The van der Waals surface area contributed by atoms with E-state index in [1.807, 2.05) is 18.2 Å². The molecule has 0 saturated carbocycles. The molecule has 0 aliphatic rings. The van der Waals surface area contributed by atoms with E-state index in [2.05, 4.69) is 5.10 Å². The van der Waals surface area contributed by atoms with Crippen molar-refractivity contribution >= 4 is 11.6 Å². The second kappa shape index (κ2) is 5.27. The number of benzene rings is 2. The summed E-state index contributed by atoms with van der Waals surface area (Å²) in [6.07, 6.45) is 3.32. The Morgan fingerprint density at radius 3 is 2.70 bits per heavy atom. The molecule has 3 rings (SSSR count). The summed E-state index contributed by atoms with van der Waals surface area (Å²) >= 11 is 6.11. The zero-order chi connectivity index (χ0) is 13.9. The highest BCUT2D eigenvalue weighted by Gasteiger charge is 2.06. The molecule has 1 aromatic heterocycles. The van der Waals surface area contributed by atoms with Crippen molar-refractivity contribution in [1.29, 1.82) is 0 Å². The van der Waals surface area contributed by atoms with Crippen LogP contribution in [0.5, 0.6) is 17.2 Å². The van der Waals surface area contributed by atoms with E-state index < -0.39 is 0 Å². The predicted molar refractivity (Wildman–Crippen MR) is 76.8 cm³/mol. The number of nitrogens with zero attached hydrogens (tertiary/aromatic N) is 2. The number of hydrogen-bond donors (Lipinski definition) is 1. The molecule has 0 bridgehead atoms. The minimum absolute atomic E-state index is 0.154. The van der Waals surface area contributed by atoms with Crippen molar-refractivity contribution in [1.82, 2.24) is 9.78 Å². The molecular formula is C15H11ClN2O2. The van der Waals surface area contributed by atoms with Crippen LogP contribution in [0, 0.1) is 0 Å². The van der Waals surface area contributed by atoms with Gasteiger partial charge in [-0.05, 0) is 24.3 Å². The van der Waals surface area contributed by atoms with Gasteiger partial charge in [-0.3, -0.25) is 0 Å². The molecule has 0 aliphatic carbocycles. The Balaban J connectivity index is 1.86. The summed E-state index contributed by atoms with van der Waals surface area (Å²) in [4.78, 5) is 0. The van der Waals surface area contributed by atoms with Gasteiger partial charge in [0.05, 0.1) is 23.1 Å². The van der Waals surface area contributed by atoms with Crippen molar-refractivity contribution < 1.29 is 9.84 Å². The highest BCUT2D eigenvalue weighted by Crippen LogP contribution is 2.26. The molecule has 1 N–H and O–H groups in total. The van der Waals surface area contributed by atoms with Crippen molar-refractivity contribution in [3.8, 4) is 22.9 Å². The molecule has 0 radical (unpaired) electrons. The molecule has 0 unspecified atom stereocenters. The summed E-state index contributed by atoms with van der Waals surface area (Å²) in [6, 6.07) is 14.0. The monoisotopic (exact) mass is 286 g/mol. The molecule has 0 amide bonds. The van der Waals surface area contributed by atoms with Crippen molar-refractivity contribution in [2.45, 2.75) is 0 Å². The molecule has 0 fully saturated rings. The van der Waals surface area contributed by atoms with Crippen molar-refractivity contribution in [2.24, 2.45) is 0 Å². The number of phenolic OH excluding ortho intramolecular Hbond substituents is 1. The SMILES string of the molecule is Oc1cccc(Oc2cnn(-c3ccccc3Cl)c2)c1. The molecule has 100 valence electrons. The smallest absolute Gasteiger partial charge is 0.165 e. The van der Waals surface area contributed by atoms with Crippen LogP contribution in [-0.2, 0) is 0 Å². The number of hydrogen-bond acceptors (Lipinski definition) is 3. The highest BCUT2D eigenvalue weighted by molar-refractivity contribution is 6.32. The van der Waals surface area contributed by atoms with Gasteiger partial charge in [-0.2, -0.15) is 5.10 Å². The summed E-state index contributed by atoms with van der Waals surface area (Å²) in [6.45, 7) is 0. The quantitative estimate of drug-likeness (QED) is 0.791. The number of aromatic nitrogens is 2. The topological polar surface area (TPSA) is 47.3 Å². The summed E-state index contributed by atoms with van der Waals surface area (Å²) in [5.74, 6) is 1.26. The van der Waals surface area contributed by atoms with E-state index in [-0.39, 0.29) is 5.75 Å². The minimum atomic E-state index is 0.154. The fraction of sp³-hybridized carbons (Fsp3) is 0. The van der Waals surface area contributed by atoms with Crippen LogP contribution in [0.25, 0.3) is 5.69 Å². The van der Waals surface area contributed by atoms with Crippen LogP contribution in [0.3, 0.4) is 0 Å². The van der Waals surface area contributed by atoms with Gasteiger partial charge in [0.15, 0.2) is 5.75 Å². The second-order valence-corrected chi connectivity index (χ2v) is 4.58. The summed E-state index contributed by atoms with van der Waals surface area (Å²) in [5.41, 5.74) is 0.778. The van der Waals surface area contributed by atoms with Crippen LogP contribution < -0.4 is 4.74 Å². The van der Waals surface area contributed by atoms with E-state index in [1.54, 1.807) is 41.3 Å². The van der Waals surface area contributed by atoms with Crippen molar-refractivity contribution in [2.75, 3.05) is 0 Å². The maximum atomic E-state index is 9.39. The van der Waals surface area contributed by atoms with Crippen LogP contribution >= 0.6 is 11.6 Å². The summed E-state index contributed by atoms with van der Waals surface area (Å²) < 4.78 is 7.25. The van der Waals surface area contributed by atoms with Crippen LogP contribution in [0.15, 0.2) is 60.9 Å². The molecular weight excluding hydrogens is 276 g/mol. The average molecular weight is 287 g/mol. The zero-order valence-electron chi connectivity index (χ0n) is 10.4. The summed E-state index contributed by atoms with van der Waals surface area (Å²) in [5, 5.41) is 14.2. The number of rotatable bonds is 3. The second-order valence-electron chi connectivity index (χ2n) is 4.17. The van der Waals surface area contributed by atoms with Gasteiger partial charge in [-0.25, -0.2) is 4.68 Å². The third kappa shape index (κ3) is 2.60. The van der Waals surface area contributed by atoms with Gasteiger partial charge < -0.3 is 9.84 Å². The third-order valence-electron chi connectivity index (χ3n) is 2.71. The average Bonchev–Trinajstić information content (AvgIpc) is 2.87. The Bertz CT molecular complexity index is 740. The van der Waals surface area contributed by atoms with Crippen molar-refractivity contribution in [3.05, 3.63) is 65.9 Å². The van der Waals surface area contributed by atoms with Crippen LogP contribution in [-0.4, -0.2) is 14.9 Å². The Morgan fingerprint density at radius 2 is 1.90 bits per heavy atom. The molecule has 4 nitrogen and oxygen atoms in total. The van der Waals surface area contributed by atoms with Gasteiger partial charge in [-0.1, -0.05) is 29.8 Å². The van der Waals surface area contributed by atoms with E-state index in [4.69, 9.17) is 16.3 Å². The fourth-order valence-electron chi connectivity index (χ4n) is 1.81. The number of halogens is 1. The van der Waals surface area contributed by atoms with Gasteiger partial charge >= 0.3 is 0 Å². The van der Waals surface area contributed by atoms with E-state index in [0.717, 1.165) is 5.69 Å². The molecule has 5 heteroatoms.